The van der Waals surface area contributed by atoms with E-state index in [0.717, 1.165) is 21.9 Å². The first kappa shape index (κ1) is 14.9. The smallest absolute Gasteiger partial charge is 0.217 e. The molecule has 2 rings (SSSR count). The van der Waals surface area contributed by atoms with Crippen molar-refractivity contribution in [3.63, 3.8) is 0 Å². The first-order valence-corrected chi connectivity index (χ1v) is 7.71. The minimum atomic E-state index is -0.0119. The van der Waals surface area contributed by atoms with Crippen LogP contribution in [0.5, 0.6) is 0 Å². The van der Waals surface area contributed by atoms with Crippen LogP contribution in [0.4, 0.5) is 0 Å². The highest BCUT2D eigenvalue weighted by Gasteiger charge is 2.01. The Hall–Kier alpha value is -1.45. The Morgan fingerprint density at radius 2 is 1.85 bits per heavy atom. The summed E-state index contributed by atoms with van der Waals surface area (Å²) in [4.78, 5) is 12.0. The summed E-state index contributed by atoms with van der Waals surface area (Å²) >= 11 is 7.88. The third-order valence-electron chi connectivity index (χ3n) is 2.82. The fourth-order valence-electron chi connectivity index (χ4n) is 1.71. The molecule has 1 N–H and O–H groups in total. The summed E-state index contributed by atoms with van der Waals surface area (Å²) in [5, 5.41) is 3.59. The first-order valence-electron chi connectivity index (χ1n) is 6.35. The number of carbonyl (C=O) groups is 1. The molecule has 0 heterocycles. The molecule has 2 aromatic rings. The van der Waals surface area contributed by atoms with Gasteiger partial charge in [0, 0.05) is 29.1 Å². The lowest BCUT2D eigenvalue weighted by Gasteiger charge is -2.06. The number of hydrogen-bond donors (Lipinski definition) is 1. The molecule has 104 valence electrons. The van der Waals surface area contributed by atoms with Gasteiger partial charge in [-0.1, -0.05) is 41.9 Å². The number of hydrogen-bond acceptors (Lipinski definition) is 2. The largest absolute Gasteiger partial charge is 0.352 e. The molecule has 0 saturated heterocycles. The number of rotatable bonds is 5. The molecule has 4 heteroatoms. The molecule has 0 aliphatic carbocycles. The van der Waals surface area contributed by atoms with Crippen molar-refractivity contribution in [3.8, 4) is 0 Å². The summed E-state index contributed by atoms with van der Waals surface area (Å²) in [6.45, 7) is 2.10. The van der Waals surface area contributed by atoms with Gasteiger partial charge in [-0.25, -0.2) is 0 Å². The molecule has 0 aliphatic rings. The van der Waals surface area contributed by atoms with E-state index in [0.29, 0.717) is 6.54 Å². The summed E-state index contributed by atoms with van der Waals surface area (Å²) in [6, 6.07) is 16.1. The summed E-state index contributed by atoms with van der Waals surface area (Å²) in [7, 11) is 0. The Labute approximate surface area is 128 Å². The molecule has 0 saturated carbocycles. The molecule has 0 unspecified atom stereocenters. The lowest BCUT2D eigenvalue weighted by Crippen LogP contribution is -2.18. The highest BCUT2D eigenvalue weighted by molar-refractivity contribution is 7.98. The van der Waals surface area contributed by atoms with E-state index in [1.165, 1.54) is 11.8 Å². The van der Waals surface area contributed by atoms with Crippen molar-refractivity contribution in [2.75, 3.05) is 0 Å². The number of benzene rings is 2. The van der Waals surface area contributed by atoms with Crippen LogP contribution in [0.15, 0.2) is 53.4 Å². The third-order valence-corrected chi connectivity index (χ3v) is 4.25. The van der Waals surface area contributed by atoms with Crippen molar-refractivity contribution in [3.05, 3.63) is 64.7 Å². The molecule has 0 aliphatic heterocycles. The van der Waals surface area contributed by atoms with Gasteiger partial charge < -0.3 is 5.32 Å². The Balaban J connectivity index is 1.91. The second-order valence-electron chi connectivity index (χ2n) is 4.43. The number of carbonyl (C=O) groups excluding carboxylic acids is 1. The van der Waals surface area contributed by atoms with Crippen LogP contribution in [0.3, 0.4) is 0 Å². The van der Waals surface area contributed by atoms with Gasteiger partial charge >= 0.3 is 0 Å². The lowest BCUT2D eigenvalue weighted by molar-refractivity contribution is -0.119. The highest BCUT2D eigenvalue weighted by Crippen LogP contribution is 2.26. The molecule has 0 atom stereocenters. The van der Waals surface area contributed by atoms with E-state index in [2.05, 4.69) is 17.4 Å². The topological polar surface area (TPSA) is 29.1 Å². The van der Waals surface area contributed by atoms with Crippen molar-refractivity contribution in [2.45, 2.75) is 24.1 Å². The van der Waals surface area contributed by atoms with Gasteiger partial charge in [-0.15, -0.1) is 11.8 Å². The highest BCUT2D eigenvalue weighted by atomic mass is 35.5. The molecule has 0 fully saturated rings. The Morgan fingerprint density at radius 3 is 2.50 bits per heavy atom. The van der Waals surface area contributed by atoms with Gasteiger partial charge in [0.15, 0.2) is 0 Å². The predicted molar refractivity (Wildman–Crippen MR) is 85.0 cm³/mol. The Morgan fingerprint density at radius 1 is 1.15 bits per heavy atom. The maximum absolute atomic E-state index is 10.8. The van der Waals surface area contributed by atoms with Gasteiger partial charge in [-0.2, -0.15) is 0 Å². The molecule has 2 nitrogen and oxygen atoms in total. The van der Waals surface area contributed by atoms with Crippen LogP contribution in [0, 0.1) is 0 Å². The number of halogens is 1. The summed E-state index contributed by atoms with van der Waals surface area (Å²) in [6.07, 6.45) is 0. The van der Waals surface area contributed by atoms with Crippen LogP contribution in [0.2, 0.25) is 5.02 Å². The molecular weight excluding hydrogens is 290 g/mol. The van der Waals surface area contributed by atoms with Crippen molar-refractivity contribution in [1.82, 2.24) is 5.32 Å². The minimum Gasteiger partial charge on any atom is -0.352 e. The van der Waals surface area contributed by atoms with E-state index >= 15 is 0 Å². The van der Waals surface area contributed by atoms with Crippen LogP contribution >= 0.6 is 23.4 Å². The van der Waals surface area contributed by atoms with Gasteiger partial charge in [0.05, 0.1) is 0 Å². The number of nitrogens with one attached hydrogen (secondary N) is 1. The second-order valence-corrected chi connectivity index (χ2v) is 5.89. The fraction of sp³-hybridized carbons (Fsp3) is 0.188. The lowest BCUT2D eigenvalue weighted by atomic mass is 10.2. The van der Waals surface area contributed by atoms with Crippen molar-refractivity contribution in [2.24, 2.45) is 0 Å². The molecule has 1 amide bonds. The van der Waals surface area contributed by atoms with Crippen LogP contribution in [0.1, 0.15) is 18.1 Å². The molecule has 0 radical (unpaired) electrons. The normalized spacial score (nSPS) is 10.3. The SMILES string of the molecule is CC(=O)NCc1ccc(SCc2ccccc2Cl)cc1. The third kappa shape index (κ3) is 4.58. The Bertz CT molecular complexity index is 583. The first-order chi connectivity index (χ1) is 9.65. The fourth-order valence-corrected chi connectivity index (χ4v) is 2.89. The molecule has 2 aromatic carbocycles. The van der Waals surface area contributed by atoms with E-state index < -0.39 is 0 Å². The van der Waals surface area contributed by atoms with Crippen LogP contribution in [-0.4, -0.2) is 5.91 Å². The summed E-state index contributed by atoms with van der Waals surface area (Å²) in [5.41, 5.74) is 2.24. The van der Waals surface area contributed by atoms with E-state index in [-0.39, 0.29) is 5.91 Å². The van der Waals surface area contributed by atoms with Crippen LogP contribution < -0.4 is 5.32 Å². The molecule has 0 aromatic heterocycles. The van der Waals surface area contributed by atoms with E-state index in [1.807, 2.05) is 36.4 Å². The quantitative estimate of drug-likeness (QED) is 0.836. The Kier molecular flexibility index (Phi) is 5.50. The molecule has 0 spiro atoms. The zero-order valence-electron chi connectivity index (χ0n) is 11.2. The standard InChI is InChI=1S/C16H16ClNOS/c1-12(19)18-10-13-6-8-15(9-7-13)20-11-14-4-2-3-5-16(14)17/h2-9H,10-11H2,1H3,(H,18,19). The minimum absolute atomic E-state index is 0.0119. The maximum atomic E-state index is 10.8. The predicted octanol–water partition coefficient (Wildman–Crippen LogP) is 4.27. The van der Waals surface area contributed by atoms with Crippen molar-refractivity contribution < 1.29 is 4.79 Å². The van der Waals surface area contributed by atoms with Crippen LogP contribution in [0.25, 0.3) is 0 Å². The number of thioether (sulfide) groups is 1. The van der Waals surface area contributed by atoms with Crippen LogP contribution in [-0.2, 0) is 17.1 Å². The van der Waals surface area contributed by atoms with Gasteiger partial charge in [0.25, 0.3) is 0 Å². The molecule has 20 heavy (non-hydrogen) atoms. The van der Waals surface area contributed by atoms with E-state index in [9.17, 15) is 4.79 Å². The van der Waals surface area contributed by atoms with Gasteiger partial charge in [-0.3, -0.25) is 4.79 Å². The average molecular weight is 306 g/mol. The zero-order chi connectivity index (χ0) is 14.4. The second kappa shape index (κ2) is 7.36. The van der Waals surface area contributed by atoms with Crippen molar-refractivity contribution in [1.29, 1.82) is 0 Å². The van der Waals surface area contributed by atoms with E-state index in [4.69, 9.17) is 11.6 Å². The van der Waals surface area contributed by atoms with Crippen molar-refractivity contribution >= 4 is 29.3 Å². The monoisotopic (exact) mass is 305 g/mol. The van der Waals surface area contributed by atoms with Gasteiger partial charge in [0.2, 0.25) is 5.91 Å². The molecular formula is C16H16ClNOS. The summed E-state index contributed by atoms with van der Waals surface area (Å²) < 4.78 is 0. The van der Waals surface area contributed by atoms with Gasteiger partial charge in [-0.05, 0) is 29.3 Å². The number of amides is 1. The summed E-state index contributed by atoms with van der Waals surface area (Å²) in [5.74, 6) is 0.840. The maximum Gasteiger partial charge on any atom is 0.217 e. The average Bonchev–Trinajstić information content (AvgIpc) is 2.45. The zero-order valence-corrected chi connectivity index (χ0v) is 12.8. The van der Waals surface area contributed by atoms with Gasteiger partial charge in [0.1, 0.15) is 0 Å². The molecule has 0 bridgehead atoms. The van der Waals surface area contributed by atoms with E-state index in [1.54, 1.807) is 11.8 Å².